The van der Waals surface area contributed by atoms with Gasteiger partial charge in [0, 0.05) is 23.5 Å². The first kappa shape index (κ1) is 15.8. The van der Waals surface area contributed by atoms with Crippen LogP contribution in [0.1, 0.15) is 13.8 Å². The molecule has 0 fully saturated rings. The van der Waals surface area contributed by atoms with Crippen molar-refractivity contribution in [2.75, 3.05) is 4.72 Å². The van der Waals surface area contributed by atoms with Gasteiger partial charge in [0.1, 0.15) is 5.65 Å². The van der Waals surface area contributed by atoms with E-state index in [4.69, 9.17) is 11.6 Å². The van der Waals surface area contributed by atoms with Gasteiger partial charge in [-0.25, -0.2) is 13.4 Å². The molecule has 1 aromatic carbocycles. The standard InChI is InChI=1S/C15H15ClN4O2S/c1-10(2)23(21,22)19-12-4-3-5-13(8-12)20-7-6-11-9-17-15(16)18-14(11)20/h3-10,19H,1-2H3. The number of nitrogens with zero attached hydrogens (tertiary/aromatic N) is 3. The molecule has 0 atom stereocenters. The molecular weight excluding hydrogens is 336 g/mol. The molecule has 0 radical (unpaired) electrons. The molecule has 3 aromatic rings. The van der Waals surface area contributed by atoms with Gasteiger partial charge in [0.2, 0.25) is 15.3 Å². The summed E-state index contributed by atoms with van der Waals surface area (Å²) >= 11 is 5.86. The van der Waals surface area contributed by atoms with Crippen molar-refractivity contribution >= 4 is 38.3 Å². The zero-order chi connectivity index (χ0) is 16.6. The van der Waals surface area contributed by atoms with E-state index >= 15 is 0 Å². The van der Waals surface area contributed by atoms with Crippen molar-refractivity contribution in [2.45, 2.75) is 19.1 Å². The summed E-state index contributed by atoms with van der Waals surface area (Å²) in [5.74, 6) is 0. The van der Waals surface area contributed by atoms with Gasteiger partial charge in [0.05, 0.1) is 10.9 Å². The van der Waals surface area contributed by atoms with E-state index in [2.05, 4.69) is 14.7 Å². The highest BCUT2D eigenvalue weighted by molar-refractivity contribution is 7.93. The maximum Gasteiger partial charge on any atom is 0.235 e. The highest BCUT2D eigenvalue weighted by Crippen LogP contribution is 2.22. The lowest BCUT2D eigenvalue weighted by atomic mass is 10.3. The van der Waals surface area contributed by atoms with Gasteiger partial charge in [-0.2, -0.15) is 4.98 Å². The van der Waals surface area contributed by atoms with Crippen molar-refractivity contribution in [3.8, 4) is 5.69 Å². The van der Waals surface area contributed by atoms with E-state index < -0.39 is 15.3 Å². The molecule has 0 saturated heterocycles. The van der Waals surface area contributed by atoms with Gasteiger partial charge in [0.15, 0.2) is 0 Å². The Morgan fingerprint density at radius 1 is 1.26 bits per heavy atom. The molecular formula is C15H15ClN4O2S. The van der Waals surface area contributed by atoms with Crippen LogP contribution in [0, 0.1) is 0 Å². The largest absolute Gasteiger partial charge is 0.301 e. The van der Waals surface area contributed by atoms with Crippen LogP contribution < -0.4 is 4.72 Å². The summed E-state index contributed by atoms with van der Waals surface area (Å²) in [5, 5.41) is 0.502. The Morgan fingerprint density at radius 2 is 2.04 bits per heavy atom. The summed E-state index contributed by atoms with van der Waals surface area (Å²) in [6.45, 7) is 3.26. The van der Waals surface area contributed by atoms with Crippen LogP contribution in [-0.4, -0.2) is 28.2 Å². The highest BCUT2D eigenvalue weighted by atomic mass is 35.5. The second-order valence-electron chi connectivity index (χ2n) is 5.35. The summed E-state index contributed by atoms with van der Waals surface area (Å²) in [4.78, 5) is 8.17. The number of anilines is 1. The average Bonchev–Trinajstić information content (AvgIpc) is 2.89. The molecule has 3 rings (SSSR count). The Hall–Kier alpha value is -2.12. The van der Waals surface area contributed by atoms with Crippen LogP contribution in [0.2, 0.25) is 5.28 Å². The molecule has 2 heterocycles. The van der Waals surface area contributed by atoms with Gasteiger partial charge >= 0.3 is 0 Å². The quantitative estimate of drug-likeness (QED) is 0.733. The maximum absolute atomic E-state index is 12.0. The third-order valence-corrected chi connectivity index (χ3v) is 5.35. The van der Waals surface area contributed by atoms with Crippen molar-refractivity contribution < 1.29 is 8.42 Å². The van der Waals surface area contributed by atoms with Crippen LogP contribution in [0.5, 0.6) is 0 Å². The first-order valence-corrected chi connectivity index (χ1v) is 8.91. The van der Waals surface area contributed by atoms with E-state index in [1.807, 2.05) is 22.9 Å². The number of hydrogen-bond acceptors (Lipinski definition) is 4. The van der Waals surface area contributed by atoms with E-state index in [-0.39, 0.29) is 5.28 Å². The number of sulfonamides is 1. The van der Waals surface area contributed by atoms with E-state index in [1.165, 1.54) is 0 Å². The predicted molar refractivity (Wildman–Crippen MR) is 91.6 cm³/mol. The molecule has 0 amide bonds. The number of nitrogens with one attached hydrogen (secondary N) is 1. The maximum atomic E-state index is 12.0. The lowest BCUT2D eigenvalue weighted by molar-refractivity contribution is 0.593. The molecule has 2 aromatic heterocycles. The van der Waals surface area contributed by atoms with Gasteiger partial charge in [-0.3, -0.25) is 4.72 Å². The van der Waals surface area contributed by atoms with Crippen molar-refractivity contribution in [1.29, 1.82) is 0 Å². The number of halogens is 1. The average molecular weight is 351 g/mol. The van der Waals surface area contributed by atoms with Crippen LogP contribution in [0.3, 0.4) is 0 Å². The molecule has 0 spiro atoms. The van der Waals surface area contributed by atoms with Crippen LogP contribution in [0.4, 0.5) is 5.69 Å². The van der Waals surface area contributed by atoms with E-state index in [0.717, 1.165) is 11.1 Å². The Labute approximate surface area is 139 Å². The van der Waals surface area contributed by atoms with Gasteiger partial charge in [-0.1, -0.05) is 6.07 Å². The molecule has 6 nitrogen and oxygen atoms in total. The van der Waals surface area contributed by atoms with Crippen molar-refractivity contribution in [3.63, 3.8) is 0 Å². The lowest BCUT2D eigenvalue weighted by Gasteiger charge is -2.12. The molecule has 0 aliphatic rings. The highest BCUT2D eigenvalue weighted by Gasteiger charge is 2.16. The first-order chi connectivity index (χ1) is 10.9. The van der Waals surface area contributed by atoms with Gasteiger partial charge in [0.25, 0.3) is 0 Å². The fourth-order valence-electron chi connectivity index (χ4n) is 2.11. The third kappa shape index (κ3) is 3.16. The smallest absolute Gasteiger partial charge is 0.235 e. The number of aromatic nitrogens is 3. The van der Waals surface area contributed by atoms with Crippen molar-refractivity contribution in [3.05, 3.63) is 48.0 Å². The lowest BCUT2D eigenvalue weighted by Crippen LogP contribution is -2.22. The zero-order valence-corrected chi connectivity index (χ0v) is 14.1. The number of benzene rings is 1. The second-order valence-corrected chi connectivity index (χ2v) is 7.92. The third-order valence-electron chi connectivity index (χ3n) is 3.40. The molecule has 0 saturated carbocycles. The van der Waals surface area contributed by atoms with Crippen molar-refractivity contribution in [2.24, 2.45) is 0 Å². The summed E-state index contributed by atoms with van der Waals surface area (Å²) in [5.41, 5.74) is 1.94. The summed E-state index contributed by atoms with van der Waals surface area (Å²) in [7, 11) is -3.39. The minimum Gasteiger partial charge on any atom is -0.301 e. The Morgan fingerprint density at radius 3 is 2.78 bits per heavy atom. The summed E-state index contributed by atoms with van der Waals surface area (Å²) < 4.78 is 28.4. The molecule has 0 aliphatic carbocycles. The Balaban J connectivity index is 2.04. The molecule has 8 heteroatoms. The number of fused-ring (bicyclic) bond motifs is 1. The topological polar surface area (TPSA) is 76.9 Å². The number of hydrogen-bond donors (Lipinski definition) is 1. The minimum atomic E-state index is -3.39. The van der Waals surface area contributed by atoms with Crippen molar-refractivity contribution in [1.82, 2.24) is 14.5 Å². The molecule has 23 heavy (non-hydrogen) atoms. The SMILES string of the molecule is CC(C)S(=O)(=O)Nc1cccc(-n2ccc3cnc(Cl)nc32)c1. The predicted octanol–water partition coefficient (Wildman–Crippen LogP) is 3.22. The summed E-state index contributed by atoms with van der Waals surface area (Å²) in [6.07, 6.45) is 3.48. The fraction of sp³-hybridized carbons (Fsp3) is 0.200. The van der Waals surface area contributed by atoms with Crippen LogP contribution in [0.25, 0.3) is 16.7 Å². The monoisotopic (exact) mass is 350 g/mol. The fourth-order valence-corrected chi connectivity index (χ4v) is 2.93. The first-order valence-electron chi connectivity index (χ1n) is 6.98. The normalized spacial score (nSPS) is 12.0. The second kappa shape index (κ2) is 5.82. The molecule has 120 valence electrons. The van der Waals surface area contributed by atoms with Crippen LogP contribution in [-0.2, 0) is 10.0 Å². The van der Waals surface area contributed by atoms with Crippen LogP contribution >= 0.6 is 11.6 Å². The van der Waals surface area contributed by atoms with Gasteiger partial charge < -0.3 is 4.57 Å². The van der Waals surface area contributed by atoms with Gasteiger partial charge in [-0.15, -0.1) is 0 Å². The molecule has 0 aliphatic heterocycles. The zero-order valence-electron chi connectivity index (χ0n) is 12.6. The summed E-state index contributed by atoms with van der Waals surface area (Å²) in [6, 6.07) is 8.97. The molecule has 0 unspecified atom stereocenters. The Kier molecular flexibility index (Phi) is 3.99. The van der Waals surface area contributed by atoms with E-state index in [9.17, 15) is 8.42 Å². The molecule has 0 bridgehead atoms. The minimum absolute atomic E-state index is 0.161. The van der Waals surface area contributed by atoms with E-state index in [0.29, 0.717) is 11.3 Å². The van der Waals surface area contributed by atoms with Crippen LogP contribution in [0.15, 0.2) is 42.7 Å². The Bertz CT molecular complexity index is 967. The molecule has 1 N–H and O–H groups in total. The number of rotatable bonds is 4. The van der Waals surface area contributed by atoms with Gasteiger partial charge in [-0.05, 0) is 49.7 Å². The van der Waals surface area contributed by atoms with E-state index in [1.54, 1.807) is 38.2 Å².